The summed E-state index contributed by atoms with van der Waals surface area (Å²) in [5.74, 6) is 1.59. The predicted octanol–water partition coefficient (Wildman–Crippen LogP) is 3.43. The Morgan fingerprint density at radius 2 is 2.00 bits per heavy atom. The summed E-state index contributed by atoms with van der Waals surface area (Å²) in [5, 5.41) is 3.99. The summed E-state index contributed by atoms with van der Waals surface area (Å²) >= 11 is 0. The molecule has 0 bridgehead atoms. The van der Waals surface area contributed by atoms with Crippen molar-refractivity contribution in [1.29, 1.82) is 0 Å². The first kappa shape index (κ1) is 18.2. The van der Waals surface area contributed by atoms with Crippen molar-refractivity contribution in [2.24, 2.45) is 0 Å². The first-order valence-electron chi connectivity index (χ1n) is 9.45. The molecule has 3 rings (SSSR count). The fraction of sp³-hybridized carbons (Fsp3) is 0.450. The zero-order valence-corrected chi connectivity index (χ0v) is 15.6. The van der Waals surface area contributed by atoms with Gasteiger partial charge in [-0.2, -0.15) is 0 Å². The summed E-state index contributed by atoms with van der Waals surface area (Å²) in [4.78, 5) is 21.2. The Morgan fingerprint density at radius 1 is 1.19 bits per heavy atom. The second-order valence-corrected chi connectivity index (χ2v) is 6.59. The van der Waals surface area contributed by atoms with Crippen LogP contribution in [-0.4, -0.2) is 27.0 Å². The molecule has 0 fully saturated rings. The molecule has 3 aromatic rings. The molecule has 26 heavy (non-hydrogen) atoms. The molecule has 0 unspecified atom stereocenters. The number of anilines is 1. The summed E-state index contributed by atoms with van der Waals surface area (Å²) < 4.78 is 2.23. The van der Waals surface area contributed by atoms with Crippen LogP contribution in [0.2, 0.25) is 0 Å². The summed E-state index contributed by atoms with van der Waals surface area (Å²) in [6.45, 7) is 5.68. The van der Waals surface area contributed by atoms with Gasteiger partial charge in [0, 0.05) is 31.3 Å². The van der Waals surface area contributed by atoms with Crippen LogP contribution in [-0.2, 0) is 17.8 Å². The zero-order chi connectivity index (χ0) is 18.5. The molecule has 0 radical (unpaired) electrons. The number of nitrogens with zero attached hydrogens (tertiary/aromatic N) is 3. The largest absolute Gasteiger partial charge is 0.382 e. The Kier molecular flexibility index (Phi) is 5.71. The molecule has 1 aromatic carbocycles. The first-order valence-corrected chi connectivity index (χ1v) is 9.45. The van der Waals surface area contributed by atoms with E-state index in [0.717, 1.165) is 66.5 Å². The van der Waals surface area contributed by atoms with Crippen LogP contribution < -0.4 is 11.1 Å². The van der Waals surface area contributed by atoms with E-state index in [1.807, 2.05) is 18.2 Å². The van der Waals surface area contributed by atoms with Gasteiger partial charge in [0.2, 0.25) is 5.91 Å². The van der Waals surface area contributed by atoms with Crippen LogP contribution >= 0.6 is 0 Å². The van der Waals surface area contributed by atoms with E-state index in [0.29, 0.717) is 12.2 Å². The highest BCUT2D eigenvalue weighted by Gasteiger charge is 2.16. The van der Waals surface area contributed by atoms with E-state index in [4.69, 9.17) is 10.7 Å². The monoisotopic (exact) mass is 353 g/mol. The highest BCUT2D eigenvalue weighted by Crippen LogP contribution is 2.29. The van der Waals surface area contributed by atoms with E-state index < -0.39 is 0 Å². The molecule has 0 atom stereocenters. The third kappa shape index (κ3) is 3.64. The van der Waals surface area contributed by atoms with Crippen LogP contribution in [0.15, 0.2) is 24.3 Å². The number of pyridine rings is 1. The lowest BCUT2D eigenvalue weighted by Crippen LogP contribution is -2.24. The van der Waals surface area contributed by atoms with Gasteiger partial charge in [-0.3, -0.25) is 4.79 Å². The number of aromatic nitrogens is 3. The molecule has 0 aliphatic rings. The van der Waals surface area contributed by atoms with Crippen molar-refractivity contribution in [3.63, 3.8) is 0 Å². The van der Waals surface area contributed by atoms with Crippen LogP contribution in [0.5, 0.6) is 0 Å². The van der Waals surface area contributed by atoms with Crippen molar-refractivity contribution in [2.75, 3.05) is 12.3 Å². The van der Waals surface area contributed by atoms with Crippen molar-refractivity contribution in [2.45, 2.75) is 52.5 Å². The number of nitrogens with one attached hydrogen (secondary N) is 1. The number of para-hydroxylation sites is 1. The third-order valence-corrected chi connectivity index (χ3v) is 4.52. The fourth-order valence-corrected chi connectivity index (χ4v) is 3.31. The second-order valence-electron chi connectivity index (χ2n) is 6.59. The van der Waals surface area contributed by atoms with Gasteiger partial charge in [-0.15, -0.1) is 0 Å². The van der Waals surface area contributed by atoms with Crippen molar-refractivity contribution in [1.82, 2.24) is 19.9 Å². The summed E-state index contributed by atoms with van der Waals surface area (Å²) in [6.07, 6.45) is 4.13. The van der Waals surface area contributed by atoms with Gasteiger partial charge < -0.3 is 15.6 Å². The quantitative estimate of drug-likeness (QED) is 0.650. The fourth-order valence-electron chi connectivity index (χ4n) is 3.31. The molecule has 0 spiro atoms. The second kappa shape index (κ2) is 8.17. The van der Waals surface area contributed by atoms with E-state index >= 15 is 0 Å². The van der Waals surface area contributed by atoms with Crippen molar-refractivity contribution < 1.29 is 4.79 Å². The molecule has 0 aliphatic carbocycles. The number of carbonyl (C=O) groups is 1. The smallest absolute Gasteiger partial charge is 0.220 e. The molecule has 138 valence electrons. The maximum Gasteiger partial charge on any atom is 0.220 e. The third-order valence-electron chi connectivity index (χ3n) is 4.52. The van der Waals surface area contributed by atoms with Gasteiger partial charge >= 0.3 is 0 Å². The zero-order valence-electron chi connectivity index (χ0n) is 15.6. The van der Waals surface area contributed by atoms with Crippen molar-refractivity contribution in [3.8, 4) is 0 Å². The number of hydrogen-bond donors (Lipinski definition) is 2. The van der Waals surface area contributed by atoms with Crippen LogP contribution in [0, 0.1) is 0 Å². The van der Waals surface area contributed by atoms with Crippen LogP contribution in [0.3, 0.4) is 0 Å². The molecule has 1 amide bonds. The molecular weight excluding hydrogens is 326 g/mol. The first-order chi connectivity index (χ1) is 12.7. The standard InChI is InChI=1S/C20H27N5O/c1-3-8-16-24-18-19(14-9-5-6-10-15(14)23-20(18)21)25(16)13-7-11-17(26)22-12-4-2/h5-6,9-10H,3-4,7-8,11-13H2,1-2H3,(H2,21,23)(H,22,26). The minimum atomic E-state index is 0.111. The van der Waals surface area contributed by atoms with E-state index in [2.05, 4.69) is 34.8 Å². The molecule has 2 heterocycles. The van der Waals surface area contributed by atoms with Gasteiger partial charge in [-0.1, -0.05) is 32.0 Å². The van der Waals surface area contributed by atoms with Gasteiger partial charge in [0.15, 0.2) is 5.82 Å². The van der Waals surface area contributed by atoms with Gasteiger partial charge in [-0.25, -0.2) is 9.97 Å². The van der Waals surface area contributed by atoms with Gasteiger partial charge in [-0.05, 0) is 25.3 Å². The van der Waals surface area contributed by atoms with E-state index in [1.165, 1.54) is 0 Å². The highest BCUT2D eigenvalue weighted by molar-refractivity contribution is 6.06. The summed E-state index contributed by atoms with van der Waals surface area (Å²) in [7, 11) is 0. The minimum absolute atomic E-state index is 0.111. The molecule has 6 heteroatoms. The van der Waals surface area contributed by atoms with Gasteiger partial charge in [0.1, 0.15) is 11.3 Å². The lowest BCUT2D eigenvalue weighted by Gasteiger charge is -2.11. The van der Waals surface area contributed by atoms with Crippen molar-refractivity contribution in [3.05, 3.63) is 30.1 Å². The van der Waals surface area contributed by atoms with E-state index in [-0.39, 0.29) is 5.91 Å². The Balaban J connectivity index is 1.96. The van der Waals surface area contributed by atoms with Crippen LogP contribution in [0.1, 0.15) is 45.4 Å². The maximum atomic E-state index is 11.9. The average Bonchev–Trinajstić information content (AvgIpc) is 3.00. The number of fused-ring (bicyclic) bond motifs is 3. The molecule has 0 saturated carbocycles. The number of carbonyl (C=O) groups excluding carboxylic acids is 1. The average molecular weight is 353 g/mol. The number of nitrogens with two attached hydrogens (primary N) is 1. The molecular formula is C20H27N5O. The number of amides is 1. The Labute approximate surface area is 153 Å². The summed E-state index contributed by atoms with van der Waals surface area (Å²) in [6, 6.07) is 8.01. The highest BCUT2D eigenvalue weighted by atomic mass is 16.1. The normalized spacial score (nSPS) is 11.3. The maximum absolute atomic E-state index is 11.9. The molecule has 2 aromatic heterocycles. The Bertz CT molecular complexity index is 915. The Morgan fingerprint density at radius 3 is 2.77 bits per heavy atom. The van der Waals surface area contributed by atoms with Gasteiger partial charge in [0.25, 0.3) is 0 Å². The molecule has 3 N–H and O–H groups in total. The number of nitrogen functional groups attached to an aromatic ring is 1. The van der Waals surface area contributed by atoms with Crippen LogP contribution in [0.25, 0.3) is 21.9 Å². The molecule has 0 saturated heterocycles. The lowest BCUT2D eigenvalue weighted by molar-refractivity contribution is -0.121. The van der Waals surface area contributed by atoms with Crippen molar-refractivity contribution >= 4 is 33.7 Å². The minimum Gasteiger partial charge on any atom is -0.382 e. The Hall–Kier alpha value is -2.63. The lowest BCUT2D eigenvalue weighted by atomic mass is 10.2. The SMILES string of the molecule is CCCNC(=O)CCCn1c(CCC)nc2c(N)nc3ccccc3c21. The number of rotatable bonds is 8. The van der Waals surface area contributed by atoms with Gasteiger partial charge in [0.05, 0.1) is 11.0 Å². The van der Waals surface area contributed by atoms with E-state index in [1.54, 1.807) is 0 Å². The van der Waals surface area contributed by atoms with Crippen LogP contribution in [0.4, 0.5) is 5.82 Å². The number of imidazole rings is 1. The number of benzene rings is 1. The topological polar surface area (TPSA) is 85.8 Å². The summed E-state index contributed by atoms with van der Waals surface area (Å²) in [5.41, 5.74) is 8.86. The number of aryl methyl sites for hydroxylation is 2. The molecule has 0 aliphatic heterocycles. The van der Waals surface area contributed by atoms with E-state index in [9.17, 15) is 4.79 Å². The predicted molar refractivity (Wildman–Crippen MR) is 106 cm³/mol. The molecule has 6 nitrogen and oxygen atoms in total. The number of hydrogen-bond acceptors (Lipinski definition) is 4.